The number of rotatable bonds is 3. The molecule has 0 fully saturated rings. The molecule has 0 aromatic rings. The monoisotopic (exact) mass is 133 g/mol. The van der Waals surface area contributed by atoms with E-state index < -0.39 is 0 Å². The lowest BCUT2D eigenvalue weighted by Gasteiger charge is -2.02. The Labute approximate surface area is 55.9 Å². The zero-order chi connectivity index (χ0) is 6.41. The topological polar surface area (TPSA) is 3.24 Å². The highest BCUT2D eigenvalue weighted by Crippen LogP contribution is 1.79. The van der Waals surface area contributed by atoms with E-state index in [1.165, 1.54) is 0 Å². The van der Waals surface area contributed by atoms with Crippen LogP contribution in [0.15, 0.2) is 12.2 Å². The van der Waals surface area contributed by atoms with Crippen molar-refractivity contribution in [2.24, 2.45) is 0 Å². The largest absolute Gasteiger partial charge is 0.306 e. The van der Waals surface area contributed by atoms with Crippen LogP contribution in [0.4, 0.5) is 0 Å². The van der Waals surface area contributed by atoms with Crippen molar-refractivity contribution in [1.29, 1.82) is 0 Å². The van der Waals surface area contributed by atoms with Crippen LogP contribution < -0.4 is 0 Å². The Bertz CT molecular complexity index is 68.9. The number of nitrogens with zero attached hydrogens (tertiary/aromatic N) is 1. The zero-order valence-corrected chi connectivity index (χ0v) is 6.15. The first-order chi connectivity index (χ1) is 3.77. The van der Waals surface area contributed by atoms with Gasteiger partial charge in [0.25, 0.3) is 0 Å². The predicted molar refractivity (Wildman–Crippen MR) is 38.4 cm³/mol. The second-order valence-electron chi connectivity index (χ2n) is 1.89. The summed E-state index contributed by atoms with van der Waals surface area (Å²) in [5.41, 5.74) is 0. The van der Waals surface area contributed by atoms with Gasteiger partial charge in [0, 0.05) is 12.4 Å². The molecule has 8 heavy (non-hydrogen) atoms. The molecule has 0 heterocycles. The summed E-state index contributed by atoms with van der Waals surface area (Å²) in [4.78, 5) is 2.09. The van der Waals surface area contributed by atoms with Crippen LogP contribution >= 0.6 is 11.6 Å². The molecule has 48 valence electrons. The average Bonchev–Trinajstić information content (AvgIpc) is 1.66. The van der Waals surface area contributed by atoms with E-state index in [-0.39, 0.29) is 0 Å². The second-order valence-corrected chi connectivity index (χ2v) is 2.20. The van der Waals surface area contributed by atoms with Crippen LogP contribution in [0.3, 0.4) is 0 Å². The molecule has 0 amide bonds. The molecule has 0 saturated heterocycles. The zero-order valence-electron chi connectivity index (χ0n) is 5.39. The number of hydrogen-bond acceptors (Lipinski definition) is 1. The molecule has 0 spiro atoms. The molecule has 0 unspecified atom stereocenters. The summed E-state index contributed by atoms with van der Waals surface area (Å²) in [5, 5.41) is 0. The maximum absolute atomic E-state index is 5.38. The lowest BCUT2D eigenvalue weighted by molar-refractivity contribution is 0.456. The Morgan fingerprint density at radius 1 is 1.38 bits per heavy atom. The van der Waals surface area contributed by atoms with Crippen molar-refractivity contribution in [3.8, 4) is 0 Å². The van der Waals surface area contributed by atoms with Crippen molar-refractivity contribution >= 4 is 11.6 Å². The van der Waals surface area contributed by atoms with E-state index in [1.54, 1.807) is 0 Å². The summed E-state index contributed by atoms with van der Waals surface area (Å²) in [6, 6.07) is 0. The van der Waals surface area contributed by atoms with Crippen LogP contribution in [0.5, 0.6) is 0 Å². The molecule has 0 aromatic carbocycles. The van der Waals surface area contributed by atoms with Crippen LogP contribution in [0, 0.1) is 0 Å². The normalized spacial score (nSPS) is 11.5. The minimum Gasteiger partial charge on any atom is -0.306 e. The highest BCUT2D eigenvalue weighted by molar-refractivity contribution is 6.18. The first-order valence-electron chi connectivity index (χ1n) is 2.63. The van der Waals surface area contributed by atoms with Crippen molar-refractivity contribution in [3.05, 3.63) is 12.2 Å². The molecular weight excluding hydrogens is 122 g/mol. The predicted octanol–water partition coefficient (Wildman–Crippen LogP) is 1.34. The van der Waals surface area contributed by atoms with Gasteiger partial charge in [-0.2, -0.15) is 0 Å². The molecule has 0 rings (SSSR count). The summed E-state index contributed by atoms with van der Waals surface area (Å²) >= 11 is 5.38. The standard InChI is InChI=1S/C6H12ClN/c1-8(2)6-4-3-5-7/h3-4H,5-6H2,1-2H3/b4-3+. The van der Waals surface area contributed by atoms with Gasteiger partial charge in [-0.05, 0) is 14.1 Å². The smallest absolute Gasteiger partial charge is 0.0404 e. The van der Waals surface area contributed by atoms with Crippen LogP contribution in [0.25, 0.3) is 0 Å². The number of likely N-dealkylation sites (N-methyl/N-ethyl adjacent to an activating group) is 1. The Kier molecular flexibility index (Phi) is 5.13. The third-order valence-corrected chi connectivity index (χ3v) is 0.904. The van der Waals surface area contributed by atoms with Gasteiger partial charge < -0.3 is 4.90 Å². The average molecular weight is 134 g/mol. The minimum atomic E-state index is 0.619. The molecule has 0 aliphatic heterocycles. The first-order valence-corrected chi connectivity index (χ1v) is 3.16. The van der Waals surface area contributed by atoms with E-state index in [4.69, 9.17) is 11.6 Å². The number of halogens is 1. The van der Waals surface area contributed by atoms with Crippen LogP contribution in [-0.2, 0) is 0 Å². The van der Waals surface area contributed by atoms with Gasteiger partial charge in [0.05, 0.1) is 0 Å². The number of alkyl halides is 1. The Hall–Kier alpha value is -0.0100. The third-order valence-electron chi connectivity index (χ3n) is 0.726. The van der Waals surface area contributed by atoms with E-state index in [1.807, 2.05) is 26.2 Å². The number of hydrogen-bond donors (Lipinski definition) is 0. The summed E-state index contributed by atoms with van der Waals surface area (Å²) in [5.74, 6) is 0.619. The van der Waals surface area contributed by atoms with Gasteiger partial charge >= 0.3 is 0 Å². The van der Waals surface area contributed by atoms with Crippen molar-refractivity contribution < 1.29 is 0 Å². The molecule has 0 N–H and O–H groups in total. The molecule has 2 heteroatoms. The van der Waals surface area contributed by atoms with E-state index in [0.29, 0.717) is 5.88 Å². The first kappa shape index (κ1) is 7.99. The Morgan fingerprint density at radius 2 is 2.00 bits per heavy atom. The lowest BCUT2D eigenvalue weighted by Crippen LogP contribution is -2.10. The van der Waals surface area contributed by atoms with Gasteiger partial charge in [-0.25, -0.2) is 0 Å². The lowest BCUT2D eigenvalue weighted by atomic mass is 10.5. The summed E-state index contributed by atoms with van der Waals surface area (Å²) in [7, 11) is 4.05. The van der Waals surface area contributed by atoms with Crippen molar-refractivity contribution in [1.82, 2.24) is 4.90 Å². The van der Waals surface area contributed by atoms with E-state index in [9.17, 15) is 0 Å². The van der Waals surface area contributed by atoms with Crippen molar-refractivity contribution in [3.63, 3.8) is 0 Å². The fourth-order valence-electron chi connectivity index (χ4n) is 0.348. The van der Waals surface area contributed by atoms with E-state index in [0.717, 1.165) is 6.54 Å². The Balaban J connectivity index is 3.03. The maximum atomic E-state index is 5.38. The van der Waals surface area contributed by atoms with E-state index in [2.05, 4.69) is 4.90 Å². The number of allylic oxidation sites excluding steroid dienone is 1. The summed E-state index contributed by atoms with van der Waals surface area (Å²) < 4.78 is 0. The second kappa shape index (κ2) is 5.13. The molecular formula is C6H12ClN. The molecule has 0 aliphatic carbocycles. The van der Waals surface area contributed by atoms with Gasteiger partial charge in [0.15, 0.2) is 0 Å². The molecule has 0 aliphatic rings. The van der Waals surface area contributed by atoms with Crippen LogP contribution in [0.1, 0.15) is 0 Å². The quantitative estimate of drug-likeness (QED) is 0.415. The van der Waals surface area contributed by atoms with Gasteiger partial charge in [0.2, 0.25) is 0 Å². The van der Waals surface area contributed by atoms with Crippen LogP contribution in [-0.4, -0.2) is 31.4 Å². The molecule has 0 bridgehead atoms. The molecule has 0 saturated carbocycles. The van der Waals surface area contributed by atoms with Gasteiger partial charge in [-0.15, -0.1) is 11.6 Å². The van der Waals surface area contributed by atoms with Crippen molar-refractivity contribution in [2.75, 3.05) is 26.5 Å². The minimum absolute atomic E-state index is 0.619. The molecule has 1 nitrogen and oxygen atoms in total. The highest BCUT2D eigenvalue weighted by atomic mass is 35.5. The maximum Gasteiger partial charge on any atom is 0.0404 e. The highest BCUT2D eigenvalue weighted by Gasteiger charge is 1.78. The third kappa shape index (κ3) is 5.99. The van der Waals surface area contributed by atoms with Gasteiger partial charge in [-0.3, -0.25) is 0 Å². The molecule has 0 aromatic heterocycles. The molecule has 0 atom stereocenters. The van der Waals surface area contributed by atoms with Crippen molar-refractivity contribution in [2.45, 2.75) is 0 Å². The summed E-state index contributed by atoms with van der Waals surface area (Å²) in [6.07, 6.45) is 3.99. The fraction of sp³-hybridized carbons (Fsp3) is 0.667. The molecule has 0 radical (unpaired) electrons. The van der Waals surface area contributed by atoms with Crippen LogP contribution in [0.2, 0.25) is 0 Å². The van der Waals surface area contributed by atoms with Gasteiger partial charge in [-0.1, -0.05) is 12.2 Å². The van der Waals surface area contributed by atoms with E-state index >= 15 is 0 Å². The van der Waals surface area contributed by atoms with Gasteiger partial charge in [0.1, 0.15) is 0 Å². The summed E-state index contributed by atoms with van der Waals surface area (Å²) in [6.45, 7) is 0.979. The fourth-order valence-corrected chi connectivity index (χ4v) is 0.474. The SMILES string of the molecule is CN(C)C/C=C/CCl. The Morgan fingerprint density at radius 3 is 2.38 bits per heavy atom.